The largest absolute Gasteiger partial charge is 0.481 e. The summed E-state index contributed by atoms with van der Waals surface area (Å²) in [4.78, 5) is 10.6. The summed E-state index contributed by atoms with van der Waals surface area (Å²) in [5, 5.41) is 17.7. The van der Waals surface area contributed by atoms with Crippen LogP contribution in [0.5, 0.6) is 0 Å². The molecule has 0 aliphatic rings. The molecule has 0 radical (unpaired) electrons. The SMILES string of the molecule is COCCn1c(SCC(=O)O)nnc1C(C)C(C)C. The molecule has 1 aromatic rings. The van der Waals surface area contributed by atoms with Gasteiger partial charge in [-0.2, -0.15) is 0 Å². The molecule has 0 bridgehead atoms. The second-order valence-electron chi connectivity index (χ2n) is 4.70. The van der Waals surface area contributed by atoms with Gasteiger partial charge in [-0.1, -0.05) is 32.5 Å². The first-order valence-electron chi connectivity index (χ1n) is 6.24. The molecule has 1 unspecified atom stereocenters. The molecule has 0 aliphatic heterocycles. The van der Waals surface area contributed by atoms with Crippen molar-refractivity contribution in [3.05, 3.63) is 5.82 Å². The smallest absolute Gasteiger partial charge is 0.313 e. The van der Waals surface area contributed by atoms with Crippen molar-refractivity contribution in [3.8, 4) is 0 Å². The lowest BCUT2D eigenvalue weighted by atomic mass is 9.97. The molecule has 0 saturated heterocycles. The topological polar surface area (TPSA) is 77.2 Å². The summed E-state index contributed by atoms with van der Waals surface area (Å²) < 4.78 is 7.05. The van der Waals surface area contributed by atoms with Gasteiger partial charge < -0.3 is 14.4 Å². The number of thioether (sulfide) groups is 1. The van der Waals surface area contributed by atoms with Gasteiger partial charge in [0.25, 0.3) is 0 Å². The van der Waals surface area contributed by atoms with Crippen molar-refractivity contribution in [1.29, 1.82) is 0 Å². The van der Waals surface area contributed by atoms with Crippen molar-refractivity contribution in [3.63, 3.8) is 0 Å². The zero-order valence-electron chi connectivity index (χ0n) is 11.8. The van der Waals surface area contributed by atoms with Gasteiger partial charge >= 0.3 is 5.97 Å². The summed E-state index contributed by atoms with van der Waals surface area (Å²) in [6.07, 6.45) is 0. The number of aromatic nitrogens is 3. The number of rotatable bonds is 8. The minimum absolute atomic E-state index is 0.0127. The first-order chi connectivity index (χ1) is 8.97. The molecule has 0 saturated carbocycles. The van der Waals surface area contributed by atoms with Gasteiger partial charge in [-0.3, -0.25) is 4.79 Å². The molecule has 1 rings (SSSR count). The second kappa shape index (κ2) is 7.49. The molecular weight excluding hydrogens is 266 g/mol. The van der Waals surface area contributed by atoms with Gasteiger partial charge in [-0.25, -0.2) is 0 Å². The molecule has 0 aromatic carbocycles. The zero-order chi connectivity index (χ0) is 14.4. The van der Waals surface area contributed by atoms with E-state index in [4.69, 9.17) is 9.84 Å². The van der Waals surface area contributed by atoms with Gasteiger partial charge in [0, 0.05) is 19.6 Å². The molecule has 0 aliphatic carbocycles. The van der Waals surface area contributed by atoms with E-state index >= 15 is 0 Å². The Kier molecular flexibility index (Phi) is 6.30. The summed E-state index contributed by atoms with van der Waals surface area (Å²) in [6, 6.07) is 0. The minimum Gasteiger partial charge on any atom is -0.481 e. The Hall–Kier alpha value is -1.08. The van der Waals surface area contributed by atoms with Crippen LogP contribution in [0.1, 0.15) is 32.5 Å². The highest BCUT2D eigenvalue weighted by Gasteiger charge is 2.20. The lowest BCUT2D eigenvalue weighted by Crippen LogP contribution is -2.15. The van der Waals surface area contributed by atoms with E-state index in [1.807, 2.05) is 4.57 Å². The molecule has 108 valence electrons. The summed E-state index contributed by atoms with van der Waals surface area (Å²) in [7, 11) is 1.64. The Bertz CT molecular complexity index is 420. The number of carboxylic acids is 1. The maximum atomic E-state index is 10.6. The normalized spacial score (nSPS) is 12.9. The molecule has 19 heavy (non-hydrogen) atoms. The summed E-state index contributed by atoms with van der Waals surface area (Å²) in [6.45, 7) is 7.55. The van der Waals surface area contributed by atoms with Gasteiger partial charge in [-0.05, 0) is 5.92 Å². The molecule has 1 atom stereocenters. The molecule has 7 heteroatoms. The Morgan fingerprint density at radius 1 is 1.42 bits per heavy atom. The van der Waals surface area contributed by atoms with Gasteiger partial charge in [0.1, 0.15) is 5.82 Å². The van der Waals surface area contributed by atoms with Crippen LogP contribution in [0, 0.1) is 5.92 Å². The van der Waals surface area contributed by atoms with Crippen LogP contribution in [-0.2, 0) is 16.1 Å². The van der Waals surface area contributed by atoms with Gasteiger partial charge in [-0.15, -0.1) is 10.2 Å². The van der Waals surface area contributed by atoms with E-state index in [0.717, 1.165) is 5.82 Å². The Balaban J connectivity index is 2.93. The van der Waals surface area contributed by atoms with Crippen molar-refractivity contribution in [2.75, 3.05) is 19.5 Å². The number of carboxylic acid groups (broad SMARTS) is 1. The highest BCUT2D eigenvalue weighted by Crippen LogP contribution is 2.26. The fraction of sp³-hybridized carbons (Fsp3) is 0.750. The molecule has 0 spiro atoms. The third-order valence-corrected chi connectivity index (χ3v) is 3.95. The van der Waals surface area contributed by atoms with E-state index in [1.165, 1.54) is 11.8 Å². The van der Waals surface area contributed by atoms with E-state index < -0.39 is 5.97 Å². The molecule has 0 fully saturated rings. The van der Waals surface area contributed by atoms with E-state index in [1.54, 1.807) is 7.11 Å². The van der Waals surface area contributed by atoms with Crippen LogP contribution in [0.25, 0.3) is 0 Å². The van der Waals surface area contributed by atoms with Crippen molar-refractivity contribution >= 4 is 17.7 Å². The van der Waals surface area contributed by atoms with Crippen LogP contribution in [0.2, 0.25) is 0 Å². The van der Waals surface area contributed by atoms with Crippen LogP contribution in [0.4, 0.5) is 0 Å². The highest BCUT2D eigenvalue weighted by molar-refractivity contribution is 7.99. The standard InChI is InChI=1S/C12H21N3O3S/c1-8(2)9(3)11-13-14-12(19-7-10(16)17)15(11)5-6-18-4/h8-9H,5-7H2,1-4H3,(H,16,17). The quantitative estimate of drug-likeness (QED) is 0.735. The van der Waals surface area contributed by atoms with Crippen molar-refractivity contribution < 1.29 is 14.6 Å². The summed E-state index contributed by atoms with van der Waals surface area (Å²) in [5.74, 6) is 0.734. The number of nitrogens with zero attached hydrogens (tertiary/aromatic N) is 3. The monoisotopic (exact) mass is 287 g/mol. The van der Waals surface area contributed by atoms with Crippen LogP contribution in [0.3, 0.4) is 0 Å². The van der Waals surface area contributed by atoms with Crippen LogP contribution >= 0.6 is 11.8 Å². The first-order valence-corrected chi connectivity index (χ1v) is 7.22. The lowest BCUT2D eigenvalue weighted by molar-refractivity contribution is -0.133. The minimum atomic E-state index is -0.857. The molecule has 1 aromatic heterocycles. The van der Waals surface area contributed by atoms with E-state index in [2.05, 4.69) is 31.0 Å². The van der Waals surface area contributed by atoms with Crippen molar-refractivity contribution in [2.24, 2.45) is 5.92 Å². The Morgan fingerprint density at radius 3 is 2.63 bits per heavy atom. The number of carbonyl (C=O) groups is 1. The fourth-order valence-corrected chi connectivity index (χ4v) is 2.25. The van der Waals surface area contributed by atoms with Crippen molar-refractivity contribution in [2.45, 2.75) is 38.4 Å². The molecule has 1 N–H and O–H groups in total. The van der Waals surface area contributed by atoms with Crippen LogP contribution in [0.15, 0.2) is 5.16 Å². The van der Waals surface area contributed by atoms with E-state index in [0.29, 0.717) is 24.2 Å². The van der Waals surface area contributed by atoms with Gasteiger partial charge in [0.15, 0.2) is 5.16 Å². The predicted octanol–water partition coefficient (Wildman–Crippen LogP) is 1.86. The zero-order valence-corrected chi connectivity index (χ0v) is 12.6. The van der Waals surface area contributed by atoms with E-state index in [-0.39, 0.29) is 11.7 Å². The number of hydrogen-bond donors (Lipinski definition) is 1. The number of ether oxygens (including phenoxy) is 1. The molecular formula is C12H21N3O3S. The third-order valence-electron chi connectivity index (χ3n) is 3.00. The van der Waals surface area contributed by atoms with E-state index in [9.17, 15) is 4.79 Å². The summed E-state index contributed by atoms with van der Waals surface area (Å²) >= 11 is 1.19. The average molecular weight is 287 g/mol. The highest BCUT2D eigenvalue weighted by atomic mass is 32.2. The lowest BCUT2D eigenvalue weighted by Gasteiger charge is -2.17. The van der Waals surface area contributed by atoms with Gasteiger partial charge in [0.2, 0.25) is 0 Å². The molecule has 6 nitrogen and oxygen atoms in total. The maximum absolute atomic E-state index is 10.6. The second-order valence-corrected chi connectivity index (χ2v) is 5.64. The fourth-order valence-electron chi connectivity index (χ4n) is 1.56. The maximum Gasteiger partial charge on any atom is 0.313 e. The number of aliphatic carboxylic acids is 1. The van der Waals surface area contributed by atoms with Crippen LogP contribution < -0.4 is 0 Å². The number of hydrogen-bond acceptors (Lipinski definition) is 5. The first kappa shape index (κ1) is 16.0. The molecule has 0 amide bonds. The predicted molar refractivity (Wildman–Crippen MR) is 73.5 cm³/mol. The van der Waals surface area contributed by atoms with Crippen molar-refractivity contribution in [1.82, 2.24) is 14.8 Å². The summed E-state index contributed by atoms with van der Waals surface area (Å²) in [5.41, 5.74) is 0. The average Bonchev–Trinajstić information content (AvgIpc) is 2.75. The third kappa shape index (κ3) is 4.50. The number of methoxy groups -OCH3 is 1. The van der Waals surface area contributed by atoms with Crippen LogP contribution in [-0.4, -0.2) is 45.3 Å². The molecule has 1 heterocycles. The van der Waals surface area contributed by atoms with Gasteiger partial charge in [0.05, 0.1) is 12.4 Å². The Morgan fingerprint density at radius 2 is 2.11 bits per heavy atom. The Labute approximate surface area is 117 Å².